The van der Waals surface area contributed by atoms with E-state index in [-0.39, 0.29) is 11.8 Å². The Morgan fingerprint density at radius 1 is 1.27 bits per heavy atom. The number of hydrogen-bond donors (Lipinski definition) is 0. The number of benzene rings is 1. The lowest BCUT2D eigenvalue weighted by Gasteiger charge is -2.27. The Labute approximate surface area is 134 Å². The van der Waals surface area contributed by atoms with Crippen LogP contribution in [-0.4, -0.2) is 29.9 Å². The second-order valence-corrected chi connectivity index (χ2v) is 6.40. The summed E-state index contributed by atoms with van der Waals surface area (Å²) >= 11 is 1.42. The van der Waals surface area contributed by atoms with Gasteiger partial charge in [-0.3, -0.25) is 14.5 Å². The lowest BCUT2D eigenvalue weighted by Crippen LogP contribution is -2.42. The van der Waals surface area contributed by atoms with Crippen LogP contribution < -0.4 is 4.90 Å². The van der Waals surface area contributed by atoms with Crippen molar-refractivity contribution in [1.82, 2.24) is 4.90 Å². The second kappa shape index (κ2) is 6.32. The van der Waals surface area contributed by atoms with Gasteiger partial charge in [0.05, 0.1) is 4.88 Å². The molecule has 0 spiro atoms. The highest BCUT2D eigenvalue weighted by Gasteiger charge is 2.26. The normalized spacial score (nSPS) is 14.4. The van der Waals surface area contributed by atoms with Gasteiger partial charge in [0, 0.05) is 18.7 Å². The molecule has 0 bridgehead atoms. The second-order valence-electron chi connectivity index (χ2n) is 5.45. The molecule has 1 aromatic carbocycles. The van der Waals surface area contributed by atoms with Crippen molar-refractivity contribution in [3.63, 3.8) is 0 Å². The predicted octanol–water partition coefficient (Wildman–Crippen LogP) is 3.28. The van der Waals surface area contributed by atoms with E-state index in [0.717, 1.165) is 24.2 Å². The summed E-state index contributed by atoms with van der Waals surface area (Å²) in [5, 5.41) is 1.89. The SMILES string of the molecule is Cc1ccc(N(CN2CCCC2=O)C(=O)c2cccs2)cc1. The minimum absolute atomic E-state index is 0.0569. The summed E-state index contributed by atoms with van der Waals surface area (Å²) in [5.41, 5.74) is 1.97. The Morgan fingerprint density at radius 2 is 2.05 bits per heavy atom. The van der Waals surface area contributed by atoms with Gasteiger partial charge in [0.25, 0.3) is 5.91 Å². The maximum Gasteiger partial charge on any atom is 0.269 e. The predicted molar refractivity (Wildman–Crippen MR) is 88.1 cm³/mol. The molecule has 1 aliphatic heterocycles. The summed E-state index contributed by atoms with van der Waals surface area (Å²) in [6.45, 7) is 3.05. The van der Waals surface area contributed by atoms with Crippen molar-refractivity contribution >= 4 is 28.8 Å². The van der Waals surface area contributed by atoms with E-state index in [0.29, 0.717) is 18.0 Å². The first-order chi connectivity index (χ1) is 10.6. The van der Waals surface area contributed by atoms with Gasteiger partial charge in [-0.05, 0) is 36.9 Å². The van der Waals surface area contributed by atoms with Crippen LogP contribution in [0.4, 0.5) is 5.69 Å². The van der Waals surface area contributed by atoms with Crippen LogP contribution >= 0.6 is 11.3 Å². The molecule has 0 aliphatic carbocycles. The van der Waals surface area contributed by atoms with Gasteiger partial charge in [0.2, 0.25) is 5.91 Å². The summed E-state index contributed by atoms with van der Waals surface area (Å²) in [6, 6.07) is 11.5. The van der Waals surface area contributed by atoms with Crippen molar-refractivity contribution in [2.24, 2.45) is 0 Å². The van der Waals surface area contributed by atoms with Gasteiger partial charge in [-0.25, -0.2) is 0 Å². The number of hydrogen-bond acceptors (Lipinski definition) is 3. The lowest BCUT2D eigenvalue weighted by atomic mass is 10.2. The maximum absolute atomic E-state index is 12.8. The van der Waals surface area contributed by atoms with Gasteiger partial charge >= 0.3 is 0 Å². The molecule has 0 unspecified atom stereocenters. The monoisotopic (exact) mass is 314 g/mol. The minimum atomic E-state index is -0.0569. The molecular formula is C17H18N2O2S. The Kier molecular flexibility index (Phi) is 4.24. The molecule has 1 aromatic heterocycles. The van der Waals surface area contributed by atoms with Crippen molar-refractivity contribution in [3.8, 4) is 0 Å². The zero-order valence-electron chi connectivity index (χ0n) is 12.5. The van der Waals surface area contributed by atoms with Crippen molar-refractivity contribution in [2.75, 3.05) is 18.1 Å². The first-order valence-corrected chi connectivity index (χ1v) is 8.23. The van der Waals surface area contributed by atoms with Crippen LogP contribution in [0.3, 0.4) is 0 Å². The van der Waals surface area contributed by atoms with Crippen molar-refractivity contribution in [3.05, 3.63) is 52.2 Å². The smallest absolute Gasteiger partial charge is 0.269 e. The molecular weight excluding hydrogens is 296 g/mol. The van der Waals surface area contributed by atoms with E-state index in [9.17, 15) is 9.59 Å². The first-order valence-electron chi connectivity index (χ1n) is 7.35. The molecule has 4 nitrogen and oxygen atoms in total. The van der Waals surface area contributed by atoms with Gasteiger partial charge in [-0.15, -0.1) is 11.3 Å². The minimum Gasteiger partial charge on any atom is -0.324 e. The number of amides is 2. The molecule has 0 atom stereocenters. The first kappa shape index (κ1) is 14.8. The average Bonchev–Trinajstić information content (AvgIpc) is 3.17. The fourth-order valence-electron chi connectivity index (χ4n) is 2.55. The van der Waals surface area contributed by atoms with Crippen molar-refractivity contribution in [2.45, 2.75) is 19.8 Å². The van der Waals surface area contributed by atoms with Gasteiger partial charge in [0.15, 0.2) is 0 Å². The zero-order chi connectivity index (χ0) is 15.5. The zero-order valence-corrected chi connectivity index (χ0v) is 13.3. The largest absolute Gasteiger partial charge is 0.324 e. The number of thiophene rings is 1. The molecule has 1 saturated heterocycles. The van der Waals surface area contributed by atoms with E-state index < -0.39 is 0 Å². The molecule has 2 amide bonds. The highest BCUT2D eigenvalue weighted by atomic mass is 32.1. The summed E-state index contributed by atoms with van der Waals surface area (Å²) in [7, 11) is 0. The summed E-state index contributed by atoms with van der Waals surface area (Å²) < 4.78 is 0. The van der Waals surface area contributed by atoms with Crippen LogP contribution in [0.1, 0.15) is 28.1 Å². The molecule has 2 aromatic rings. The number of anilines is 1. The molecule has 3 rings (SSSR count). The Balaban J connectivity index is 1.89. The quantitative estimate of drug-likeness (QED) is 0.869. The van der Waals surface area contributed by atoms with Crippen molar-refractivity contribution < 1.29 is 9.59 Å². The molecule has 0 saturated carbocycles. The van der Waals surface area contributed by atoms with Crippen LogP contribution in [0, 0.1) is 6.92 Å². The number of nitrogens with zero attached hydrogens (tertiary/aromatic N) is 2. The highest BCUT2D eigenvalue weighted by Crippen LogP contribution is 2.22. The van der Waals surface area contributed by atoms with Crippen LogP contribution in [0.25, 0.3) is 0 Å². The highest BCUT2D eigenvalue weighted by molar-refractivity contribution is 7.12. The third-order valence-electron chi connectivity index (χ3n) is 3.81. The maximum atomic E-state index is 12.8. The molecule has 0 N–H and O–H groups in total. The average molecular weight is 314 g/mol. The molecule has 22 heavy (non-hydrogen) atoms. The van der Waals surface area contributed by atoms with E-state index in [1.54, 1.807) is 9.80 Å². The Bertz CT molecular complexity index is 664. The summed E-state index contributed by atoms with van der Waals surface area (Å²) in [4.78, 5) is 28.8. The van der Waals surface area contributed by atoms with E-state index in [2.05, 4.69) is 0 Å². The molecule has 114 valence electrons. The van der Waals surface area contributed by atoms with Crippen LogP contribution in [0.5, 0.6) is 0 Å². The van der Waals surface area contributed by atoms with Crippen LogP contribution in [-0.2, 0) is 4.79 Å². The van der Waals surface area contributed by atoms with Crippen LogP contribution in [0.15, 0.2) is 41.8 Å². The fraction of sp³-hybridized carbons (Fsp3) is 0.294. The third-order valence-corrected chi connectivity index (χ3v) is 4.66. The Hall–Kier alpha value is -2.14. The molecule has 5 heteroatoms. The van der Waals surface area contributed by atoms with Gasteiger partial charge in [0.1, 0.15) is 6.67 Å². The topological polar surface area (TPSA) is 40.6 Å². The van der Waals surface area contributed by atoms with E-state index >= 15 is 0 Å². The number of aryl methyl sites for hydroxylation is 1. The summed E-state index contributed by atoms with van der Waals surface area (Å²) in [5.74, 6) is 0.0645. The number of likely N-dealkylation sites (tertiary alicyclic amines) is 1. The molecule has 2 heterocycles. The van der Waals surface area contributed by atoms with E-state index in [1.807, 2.05) is 48.7 Å². The number of carbonyl (C=O) groups excluding carboxylic acids is 2. The number of carbonyl (C=O) groups is 2. The Morgan fingerprint density at radius 3 is 2.64 bits per heavy atom. The third kappa shape index (κ3) is 3.04. The van der Waals surface area contributed by atoms with Crippen molar-refractivity contribution in [1.29, 1.82) is 0 Å². The fourth-order valence-corrected chi connectivity index (χ4v) is 3.22. The van der Waals surface area contributed by atoms with Gasteiger partial charge < -0.3 is 4.90 Å². The molecule has 0 radical (unpaired) electrons. The van der Waals surface area contributed by atoms with E-state index in [1.165, 1.54) is 11.3 Å². The molecule has 1 fully saturated rings. The standard InChI is InChI=1S/C17H18N2O2S/c1-13-6-8-14(9-7-13)19(12-18-10-2-5-16(18)20)17(21)15-4-3-11-22-15/h3-4,6-9,11H,2,5,10,12H2,1H3. The summed E-state index contributed by atoms with van der Waals surface area (Å²) in [6.07, 6.45) is 1.45. The lowest BCUT2D eigenvalue weighted by molar-refractivity contribution is -0.127. The van der Waals surface area contributed by atoms with Gasteiger partial charge in [-0.2, -0.15) is 0 Å². The van der Waals surface area contributed by atoms with Gasteiger partial charge in [-0.1, -0.05) is 23.8 Å². The van der Waals surface area contributed by atoms with Crippen LogP contribution in [0.2, 0.25) is 0 Å². The van der Waals surface area contributed by atoms with E-state index in [4.69, 9.17) is 0 Å². The molecule has 1 aliphatic rings. The number of rotatable bonds is 4.